The molecule has 1 heterocycles. The van der Waals surface area contributed by atoms with E-state index in [0.29, 0.717) is 23.5 Å². The molecule has 2 aromatic rings. The molecule has 5 nitrogen and oxygen atoms in total. The smallest absolute Gasteiger partial charge is 0.267 e. The molecule has 148 valence electrons. The predicted octanol–water partition coefficient (Wildman–Crippen LogP) is 4.76. The fraction of sp³-hybridized carbons (Fsp3) is 0.391. The molecule has 2 amide bonds. The van der Waals surface area contributed by atoms with Gasteiger partial charge in [0.15, 0.2) is 6.10 Å². The Bertz CT molecular complexity index is 882. The molecule has 1 atom stereocenters. The fourth-order valence-electron chi connectivity index (χ4n) is 3.27. The number of anilines is 2. The monoisotopic (exact) mass is 380 g/mol. The summed E-state index contributed by atoms with van der Waals surface area (Å²) in [7, 11) is 0. The lowest BCUT2D eigenvalue weighted by atomic mass is 9.87. The molecule has 1 aliphatic rings. The van der Waals surface area contributed by atoms with Gasteiger partial charge < -0.3 is 15.0 Å². The Morgan fingerprint density at radius 1 is 1.14 bits per heavy atom. The maximum absolute atomic E-state index is 12.6. The zero-order valence-corrected chi connectivity index (χ0v) is 17.2. The minimum absolute atomic E-state index is 0.0370. The zero-order chi connectivity index (χ0) is 20.5. The van der Waals surface area contributed by atoms with Gasteiger partial charge in [-0.3, -0.25) is 9.59 Å². The van der Waals surface area contributed by atoms with Crippen LogP contribution >= 0.6 is 0 Å². The number of ether oxygens (including phenoxy) is 1. The van der Waals surface area contributed by atoms with E-state index >= 15 is 0 Å². The third-order valence-corrected chi connectivity index (χ3v) is 4.89. The molecule has 0 saturated heterocycles. The molecule has 0 aromatic heterocycles. The first kappa shape index (κ1) is 19.9. The van der Waals surface area contributed by atoms with E-state index in [1.165, 1.54) is 5.56 Å². The minimum atomic E-state index is -0.532. The predicted molar refractivity (Wildman–Crippen MR) is 112 cm³/mol. The van der Waals surface area contributed by atoms with Crippen molar-refractivity contribution in [1.29, 1.82) is 0 Å². The fourth-order valence-corrected chi connectivity index (χ4v) is 3.27. The SMILES string of the molecule is CCCN1C(=O)C(C)Oc2cc(NC(=O)c3ccc(C(C)(C)C)cc3)ccc21. The summed E-state index contributed by atoms with van der Waals surface area (Å²) in [4.78, 5) is 26.7. The number of benzene rings is 2. The second kappa shape index (κ2) is 7.66. The number of fused-ring (bicyclic) bond motifs is 1. The quantitative estimate of drug-likeness (QED) is 0.832. The molecule has 1 N–H and O–H groups in total. The van der Waals surface area contributed by atoms with Crippen LogP contribution in [0, 0.1) is 0 Å². The van der Waals surface area contributed by atoms with Crippen LogP contribution in [-0.2, 0) is 10.2 Å². The summed E-state index contributed by atoms with van der Waals surface area (Å²) in [5, 5.41) is 2.92. The summed E-state index contributed by atoms with van der Waals surface area (Å²) in [6, 6.07) is 13.1. The maximum Gasteiger partial charge on any atom is 0.267 e. The van der Waals surface area contributed by atoms with Crippen molar-refractivity contribution in [1.82, 2.24) is 0 Å². The first-order valence-electron chi connectivity index (χ1n) is 9.74. The van der Waals surface area contributed by atoms with Gasteiger partial charge in [0, 0.05) is 23.9 Å². The van der Waals surface area contributed by atoms with E-state index in [9.17, 15) is 9.59 Å². The molecule has 3 rings (SSSR count). The van der Waals surface area contributed by atoms with Crippen LogP contribution in [0.4, 0.5) is 11.4 Å². The van der Waals surface area contributed by atoms with E-state index in [1.807, 2.05) is 37.3 Å². The molecule has 0 spiro atoms. The summed E-state index contributed by atoms with van der Waals surface area (Å²) in [6.45, 7) is 10.8. The van der Waals surface area contributed by atoms with Crippen LogP contribution in [0.2, 0.25) is 0 Å². The molecule has 2 aromatic carbocycles. The highest BCUT2D eigenvalue weighted by molar-refractivity contribution is 6.05. The highest BCUT2D eigenvalue weighted by atomic mass is 16.5. The molecule has 1 unspecified atom stereocenters. The van der Waals surface area contributed by atoms with Crippen molar-refractivity contribution in [3.05, 3.63) is 53.6 Å². The van der Waals surface area contributed by atoms with Crippen molar-refractivity contribution in [2.75, 3.05) is 16.8 Å². The second-order valence-corrected chi connectivity index (χ2v) is 8.21. The van der Waals surface area contributed by atoms with Gasteiger partial charge in [-0.05, 0) is 48.6 Å². The van der Waals surface area contributed by atoms with Gasteiger partial charge in [-0.1, -0.05) is 39.8 Å². The van der Waals surface area contributed by atoms with E-state index in [1.54, 1.807) is 24.0 Å². The molecule has 0 saturated carbocycles. The first-order valence-corrected chi connectivity index (χ1v) is 9.74. The molecule has 0 fully saturated rings. The highest BCUT2D eigenvalue weighted by Gasteiger charge is 2.31. The van der Waals surface area contributed by atoms with Crippen LogP contribution in [0.3, 0.4) is 0 Å². The van der Waals surface area contributed by atoms with Crippen molar-refractivity contribution in [3.63, 3.8) is 0 Å². The number of amides is 2. The van der Waals surface area contributed by atoms with E-state index in [0.717, 1.165) is 12.1 Å². The molecule has 0 radical (unpaired) electrons. The van der Waals surface area contributed by atoms with Crippen molar-refractivity contribution in [3.8, 4) is 5.75 Å². The van der Waals surface area contributed by atoms with Crippen LogP contribution in [0.15, 0.2) is 42.5 Å². The number of hydrogen-bond acceptors (Lipinski definition) is 3. The Labute approximate surface area is 166 Å². The molecular weight excluding hydrogens is 352 g/mol. The number of nitrogens with one attached hydrogen (secondary N) is 1. The van der Waals surface area contributed by atoms with Crippen LogP contribution in [-0.4, -0.2) is 24.5 Å². The largest absolute Gasteiger partial charge is 0.479 e. The van der Waals surface area contributed by atoms with Crippen molar-refractivity contribution < 1.29 is 14.3 Å². The molecular formula is C23H28N2O3. The maximum atomic E-state index is 12.6. The number of hydrogen-bond donors (Lipinski definition) is 1. The standard InChI is InChI=1S/C23H28N2O3/c1-6-13-25-19-12-11-18(14-20(19)28-15(2)22(25)27)24-21(26)16-7-9-17(10-8-16)23(3,4)5/h7-12,14-15H,6,13H2,1-5H3,(H,24,26). The van der Waals surface area contributed by atoms with Gasteiger partial charge in [-0.25, -0.2) is 0 Å². The summed E-state index contributed by atoms with van der Waals surface area (Å²) in [5.74, 6) is 0.400. The third-order valence-electron chi connectivity index (χ3n) is 4.89. The van der Waals surface area contributed by atoms with Crippen LogP contribution in [0.1, 0.15) is 57.0 Å². The summed E-state index contributed by atoms with van der Waals surface area (Å²) < 4.78 is 5.76. The minimum Gasteiger partial charge on any atom is -0.479 e. The van der Waals surface area contributed by atoms with Crippen molar-refractivity contribution in [2.24, 2.45) is 0 Å². The molecule has 1 aliphatic heterocycles. The van der Waals surface area contributed by atoms with Crippen LogP contribution in [0.5, 0.6) is 5.75 Å². The molecule has 5 heteroatoms. The lowest BCUT2D eigenvalue weighted by Gasteiger charge is -2.33. The van der Waals surface area contributed by atoms with Gasteiger partial charge in [0.05, 0.1) is 5.69 Å². The first-order chi connectivity index (χ1) is 13.2. The van der Waals surface area contributed by atoms with E-state index in [4.69, 9.17) is 4.74 Å². The lowest BCUT2D eigenvalue weighted by molar-refractivity contribution is -0.125. The van der Waals surface area contributed by atoms with E-state index in [-0.39, 0.29) is 17.2 Å². The van der Waals surface area contributed by atoms with Crippen LogP contribution in [0.25, 0.3) is 0 Å². The number of carbonyl (C=O) groups excluding carboxylic acids is 2. The van der Waals surface area contributed by atoms with Gasteiger partial charge >= 0.3 is 0 Å². The number of rotatable bonds is 4. The average molecular weight is 380 g/mol. The molecule has 0 aliphatic carbocycles. The topological polar surface area (TPSA) is 58.6 Å². The van der Waals surface area contributed by atoms with Gasteiger partial charge in [-0.2, -0.15) is 0 Å². The lowest BCUT2D eigenvalue weighted by Crippen LogP contribution is -2.44. The summed E-state index contributed by atoms with van der Waals surface area (Å²) in [5.41, 5.74) is 3.21. The average Bonchev–Trinajstić information content (AvgIpc) is 2.65. The van der Waals surface area contributed by atoms with Gasteiger partial charge in [0.1, 0.15) is 5.75 Å². The molecule has 28 heavy (non-hydrogen) atoms. The summed E-state index contributed by atoms with van der Waals surface area (Å²) >= 11 is 0. The van der Waals surface area contributed by atoms with Crippen LogP contribution < -0.4 is 15.0 Å². The Morgan fingerprint density at radius 3 is 2.43 bits per heavy atom. The van der Waals surface area contributed by atoms with E-state index < -0.39 is 6.10 Å². The second-order valence-electron chi connectivity index (χ2n) is 8.21. The Morgan fingerprint density at radius 2 is 1.82 bits per heavy atom. The van der Waals surface area contributed by atoms with Gasteiger partial charge in [-0.15, -0.1) is 0 Å². The third kappa shape index (κ3) is 4.03. The Kier molecular flexibility index (Phi) is 5.45. The number of carbonyl (C=O) groups is 2. The zero-order valence-electron chi connectivity index (χ0n) is 17.2. The highest BCUT2D eigenvalue weighted by Crippen LogP contribution is 2.36. The van der Waals surface area contributed by atoms with Crippen molar-refractivity contribution >= 4 is 23.2 Å². The van der Waals surface area contributed by atoms with Gasteiger partial charge in [0.2, 0.25) is 0 Å². The Balaban J connectivity index is 1.79. The summed E-state index contributed by atoms with van der Waals surface area (Å²) in [6.07, 6.45) is 0.330. The normalized spacial score (nSPS) is 16.4. The van der Waals surface area contributed by atoms with Gasteiger partial charge in [0.25, 0.3) is 11.8 Å². The van der Waals surface area contributed by atoms with E-state index in [2.05, 4.69) is 26.1 Å². The Hall–Kier alpha value is -2.82. The van der Waals surface area contributed by atoms with Crippen molar-refractivity contribution in [2.45, 2.75) is 52.6 Å². The molecule has 0 bridgehead atoms. The number of nitrogens with zero attached hydrogens (tertiary/aromatic N) is 1.